The van der Waals surface area contributed by atoms with E-state index in [9.17, 15) is 9.18 Å². The number of ether oxygens (including phenoxy) is 1. The van der Waals surface area contributed by atoms with Gasteiger partial charge in [0.25, 0.3) is 0 Å². The van der Waals surface area contributed by atoms with Crippen molar-refractivity contribution in [3.05, 3.63) is 35.6 Å². The highest BCUT2D eigenvalue weighted by atomic mass is 19.1. The van der Waals surface area contributed by atoms with Crippen LogP contribution < -0.4 is 5.32 Å². The fourth-order valence-corrected chi connectivity index (χ4v) is 0.802. The molecule has 0 aliphatic heterocycles. The van der Waals surface area contributed by atoms with Crippen molar-refractivity contribution in [3.8, 4) is 0 Å². The van der Waals surface area contributed by atoms with Crippen molar-refractivity contribution in [2.24, 2.45) is 0 Å². The van der Waals surface area contributed by atoms with E-state index in [-0.39, 0.29) is 12.4 Å². The lowest BCUT2D eigenvalue weighted by Crippen LogP contribution is -2.18. The summed E-state index contributed by atoms with van der Waals surface area (Å²) in [6.07, 6.45) is -0.496. The maximum atomic E-state index is 12.4. The van der Waals surface area contributed by atoms with Crippen molar-refractivity contribution < 1.29 is 13.9 Å². The Morgan fingerprint density at radius 1 is 1.46 bits per heavy atom. The molecule has 0 aliphatic rings. The van der Waals surface area contributed by atoms with Crippen molar-refractivity contribution in [2.75, 3.05) is 7.05 Å². The van der Waals surface area contributed by atoms with Crippen LogP contribution in [0.4, 0.5) is 9.18 Å². The van der Waals surface area contributed by atoms with Crippen molar-refractivity contribution in [3.63, 3.8) is 0 Å². The van der Waals surface area contributed by atoms with Crippen LogP contribution in [-0.2, 0) is 11.3 Å². The highest BCUT2D eigenvalue weighted by Gasteiger charge is 1.98. The third-order valence-electron chi connectivity index (χ3n) is 1.49. The van der Waals surface area contributed by atoms with Crippen molar-refractivity contribution in [1.82, 2.24) is 5.32 Å². The van der Waals surface area contributed by atoms with Crippen molar-refractivity contribution in [2.45, 2.75) is 6.61 Å². The normalized spacial score (nSPS) is 9.38. The summed E-state index contributed by atoms with van der Waals surface area (Å²) >= 11 is 0. The van der Waals surface area contributed by atoms with Crippen LogP contribution >= 0.6 is 0 Å². The van der Waals surface area contributed by atoms with E-state index < -0.39 is 6.09 Å². The summed E-state index contributed by atoms with van der Waals surface area (Å²) in [4.78, 5) is 10.6. The maximum Gasteiger partial charge on any atom is 0.407 e. The Morgan fingerprint density at radius 3 is 2.62 bits per heavy atom. The Morgan fingerprint density at radius 2 is 2.08 bits per heavy atom. The van der Waals surface area contributed by atoms with E-state index in [1.807, 2.05) is 0 Å². The second-order valence-electron chi connectivity index (χ2n) is 2.45. The van der Waals surface area contributed by atoms with E-state index in [1.165, 1.54) is 19.2 Å². The average Bonchev–Trinajstić information content (AvgIpc) is 2.16. The molecule has 1 amide bonds. The highest BCUT2D eigenvalue weighted by molar-refractivity contribution is 5.66. The summed E-state index contributed by atoms with van der Waals surface area (Å²) in [5, 5.41) is 2.31. The average molecular weight is 183 g/mol. The molecule has 4 heteroatoms. The zero-order valence-corrected chi connectivity index (χ0v) is 7.21. The summed E-state index contributed by atoms with van der Waals surface area (Å²) < 4.78 is 17.2. The Labute approximate surface area is 75.5 Å². The van der Waals surface area contributed by atoms with Gasteiger partial charge in [-0.2, -0.15) is 0 Å². The summed E-state index contributed by atoms with van der Waals surface area (Å²) in [5.74, 6) is -0.302. The molecule has 1 aromatic carbocycles. The zero-order chi connectivity index (χ0) is 9.68. The number of halogens is 1. The molecule has 0 bridgehead atoms. The van der Waals surface area contributed by atoms with E-state index in [4.69, 9.17) is 4.74 Å². The molecule has 1 aromatic rings. The zero-order valence-electron chi connectivity index (χ0n) is 7.21. The number of hydrogen-bond acceptors (Lipinski definition) is 2. The second-order valence-corrected chi connectivity index (χ2v) is 2.45. The molecule has 0 unspecified atom stereocenters. The predicted octanol–water partition coefficient (Wildman–Crippen LogP) is 1.68. The molecular formula is C9H10FNO2. The predicted molar refractivity (Wildman–Crippen MR) is 45.6 cm³/mol. The molecule has 0 atom stereocenters. The molecule has 0 saturated carbocycles. The molecule has 1 N–H and O–H groups in total. The molecule has 0 aromatic heterocycles. The van der Waals surface area contributed by atoms with E-state index >= 15 is 0 Å². The van der Waals surface area contributed by atoms with Gasteiger partial charge in [0.2, 0.25) is 0 Å². The third-order valence-corrected chi connectivity index (χ3v) is 1.49. The Hall–Kier alpha value is -1.58. The second kappa shape index (κ2) is 4.45. The van der Waals surface area contributed by atoms with Crippen LogP contribution in [0.2, 0.25) is 0 Å². The van der Waals surface area contributed by atoms with Gasteiger partial charge in [0.1, 0.15) is 12.4 Å². The standard InChI is InChI=1S/C9H10FNO2/c1-11-9(12)13-6-7-2-4-8(10)5-3-7/h2-5H,6H2,1H3,(H,11,12). The highest BCUT2D eigenvalue weighted by Crippen LogP contribution is 2.03. The Bertz CT molecular complexity index is 284. The van der Waals surface area contributed by atoms with Gasteiger partial charge in [0.05, 0.1) is 0 Å². The number of nitrogens with one attached hydrogen (secondary N) is 1. The Kier molecular flexibility index (Phi) is 3.25. The number of rotatable bonds is 2. The summed E-state index contributed by atoms with van der Waals surface area (Å²) in [5.41, 5.74) is 0.755. The number of amides is 1. The molecule has 1 rings (SSSR count). The lowest BCUT2D eigenvalue weighted by atomic mass is 10.2. The van der Waals surface area contributed by atoms with Crippen LogP contribution in [0.1, 0.15) is 5.56 Å². The SMILES string of the molecule is CNC(=O)OCc1ccc(F)cc1. The summed E-state index contributed by atoms with van der Waals surface area (Å²) in [6.45, 7) is 0.153. The van der Waals surface area contributed by atoms with E-state index in [2.05, 4.69) is 5.32 Å². The fraction of sp³-hybridized carbons (Fsp3) is 0.222. The molecule has 0 aliphatic carbocycles. The van der Waals surface area contributed by atoms with Gasteiger partial charge in [-0.25, -0.2) is 9.18 Å². The summed E-state index contributed by atoms with van der Waals surface area (Å²) in [6, 6.07) is 5.78. The van der Waals surface area contributed by atoms with E-state index in [1.54, 1.807) is 12.1 Å². The quantitative estimate of drug-likeness (QED) is 0.757. The monoisotopic (exact) mass is 183 g/mol. The summed E-state index contributed by atoms with van der Waals surface area (Å²) in [7, 11) is 1.48. The van der Waals surface area contributed by atoms with Crippen LogP contribution in [0.3, 0.4) is 0 Å². The van der Waals surface area contributed by atoms with Crippen LogP contribution in [0.15, 0.2) is 24.3 Å². The Balaban J connectivity index is 2.46. The van der Waals surface area contributed by atoms with Gasteiger partial charge in [-0.1, -0.05) is 12.1 Å². The van der Waals surface area contributed by atoms with Crippen LogP contribution in [0.5, 0.6) is 0 Å². The van der Waals surface area contributed by atoms with Gasteiger partial charge in [-0.15, -0.1) is 0 Å². The molecule has 0 radical (unpaired) electrons. The van der Waals surface area contributed by atoms with Gasteiger partial charge < -0.3 is 10.1 Å². The molecular weight excluding hydrogens is 173 g/mol. The first-order valence-corrected chi connectivity index (χ1v) is 3.81. The van der Waals surface area contributed by atoms with Gasteiger partial charge in [-0.05, 0) is 17.7 Å². The fourth-order valence-electron chi connectivity index (χ4n) is 0.802. The lowest BCUT2D eigenvalue weighted by molar-refractivity contribution is 0.142. The molecule has 0 saturated heterocycles. The maximum absolute atomic E-state index is 12.4. The van der Waals surface area contributed by atoms with Gasteiger partial charge >= 0.3 is 6.09 Å². The van der Waals surface area contributed by atoms with Crippen LogP contribution in [0, 0.1) is 5.82 Å². The first kappa shape index (κ1) is 9.51. The largest absolute Gasteiger partial charge is 0.445 e. The molecule has 0 heterocycles. The number of carbonyl (C=O) groups is 1. The van der Waals surface area contributed by atoms with Gasteiger partial charge in [0.15, 0.2) is 0 Å². The minimum absolute atomic E-state index is 0.153. The minimum Gasteiger partial charge on any atom is -0.445 e. The molecule has 3 nitrogen and oxygen atoms in total. The number of alkyl carbamates (subject to hydrolysis) is 1. The molecule has 70 valence electrons. The van der Waals surface area contributed by atoms with E-state index in [0.29, 0.717) is 0 Å². The van der Waals surface area contributed by atoms with E-state index in [0.717, 1.165) is 5.56 Å². The number of benzene rings is 1. The van der Waals surface area contributed by atoms with Crippen molar-refractivity contribution >= 4 is 6.09 Å². The first-order chi connectivity index (χ1) is 6.22. The first-order valence-electron chi connectivity index (χ1n) is 3.81. The molecule has 0 spiro atoms. The van der Waals surface area contributed by atoms with Gasteiger partial charge in [0, 0.05) is 7.05 Å². The van der Waals surface area contributed by atoms with Crippen LogP contribution in [-0.4, -0.2) is 13.1 Å². The molecule has 13 heavy (non-hydrogen) atoms. The topological polar surface area (TPSA) is 38.3 Å². The smallest absolute Gasteiger partial charge is 0.407 e. The van der Waals surface area contributed by atoms with Crippen LogP contribution in [0.25, 0.3) is 0 Å². The number of carbonyl (C=O) groups excluding carboxylic acids is 1. The molecule has 0 fully saturated rings. The lowest BCUT2D eigenvalue weighted by Gasteiger charge is -2.03. The minimum atomic E-state index is -0.496. The van der Waals surface area contributed by atoms with Gasteiger partial charge in [-0.3, -0.25) is 0 Å². The van der Waals surface area contributed by atoms with Crippen molar-refractivity contribution in [1.29, 1.82) is 0 Å². The number of hydrogen-bond donors (Lipinski definition) is 1. The third kappa shape index (κ3) is 3.11.